The van der Waals surface area contributed by atoms with E-state index in [0.717, 1.165) is 32.1 Å². The number of thioether (sulfide) groups is 2. The zero-order valence-corrected chi connectivity index (χ0v) is 21.6. The van der Waals surface area contributed by atoms with Crippen molar-refractivity contribution in [1.29, 1.82) is 0 Å². The van der Waals surface area contributed by atoms with Crippen molar-refractivity contribution in [2.75, 3.05) is 5.75 Å². The van der Waals surface area contributed by atoms with Crippen LogP contribution >= 0.6 is 35.1 Å². The van der Waals surface area contributed by atoms with Crippen LogP contribution in [0.5, 0.6) is 0 Å². The van der Waals surface area contributed by atoms with Crippen molar-refractivity contribution in [3.05, 3.63) is 63.9 Å². The van der Waals surface area contributed by atoms with Crippen LogP contribution in [0, 0.1) is 0 Å². The number of hydrogen-bond acceptors (Lipinski definition) is 6. The first kappa shape index (κ1) is 24.2. The number of nitrogens with one attached hydrogen (secondary N) is 1. The molecular formula is C25H25ClN4O3S2. The number of fused-ring (bicyclic) bond motifs is 1. The summed E-state index contributed by atoms with van der Waals surface area (Å²) in [7, 11) is 0. The molecule has 7 nitrogen and oxygen atoms in total. The molecule has 1 N–H and O–H groups in total. The molecule has 1 aromatic heterocycles. The zero-order chi connectivity index (χ0) is 24.6. The molecule has 5 rings (SSSR count). The van der Waals surface area contributed by atoms with Crippen LogP contribution in [0.25, 0.3) is 16.6 Å². The van der Waals surface area contributed by atoms with Crippen LogP contribution in [-0.2, 0) is 9.59 Å². The zero-order valence-electron chi connectivity index (χ0n) is 19.2. The number of carbonyl (C=O) groups is 2. The fraction of sp³-hybridized carbons (Fsp3) is 0.360. The quantitative estimate of drug-likeness (QED) is 0.379. The van der Waals surface area contributed by atoms with Gasteiger partial charge in [0.15, 0.2) is 5.16 Å². The molecule has 2 aromatic carbocycles. The van der Waals surface area contributed by atoms with E-state index in [4.69, 9.17) is 11.6 Å². The molecule has 1 aliphatic carbocycles. The Labute approximate surface area is 216 Å². The maximum Gasteiger partial charge on any atom is 0.266 e. The number of carbonyl (C=O) groups excluding carboxylic acids is 2. The molecule has 10 heteroatoms. The molecule has 1 aliphatic heterocycles. The first-order chi connectivity index (χ1) is 16.9. The molecule has 1 unspecified atom stereocenters. The molecule has 35 heavy (non-hydrogen) atoms. The van der Waals surface area contributed by atoms with Crippen LogP contribution < -0.4 is 11.0 Å². The standard InChI is InChI=1S/C25H25ClN4O3S2/c1-16-22(32)30(25(35-16)12-6-3-7-13-25)28-21(31)15-34-24-27-20-11-10-17(26)14-19(20)23(33)29(24)18-8-4-2-5-9-18/h2,4-5,8-11,14,16H,3,6-7,12-13,15H2,1H3,(H,28,31). The molecule has 2 fully saturated rings. The highest BCUT2D eigenvalue weighted by Gasteiger charge is 2.51. The van der Waals surface area contributed by atoms with E-state index in [9.17, 15) is 14.4 Å². The van der Waals surface area contributed by atoms with E-state index in [-0.39, 0.29) is 33.2 Å². The number of para-hydroxylation sites is 1. The van der Waals surface area contributed by atoms with Gasteiger partial charge in [-0.1, -0.05) is 60.8 Å². The van der Waals surface area contributed by atoms with Gasteiger partial charge in [0.2, 0.25) is 5.91 Å². The Morgan fingerprint density at radius 2 is 1.91 bits per heavy atom. The molecule has 2 aliphatic rings. The summed E-state index contributed by atoms with van der Waals surface area (Å²) in [6.45, 7) is 1.90. The number of benzene rings is 2. The number of hydrazine groups is 1. The van der Waals surface area contributed by atoms with E-state index in [1.807, 2.05) is 37.3 Å². The minimum absolute atomic E-state index is 0.0112. The topological polar surface area (TPSA) is 84.3 Å². The van der Waals surface area contributed by atoms with Gasteiger partial charge in [0.1, 0.15) is 4.87 Å². The van der Waals surface area contributed by atoms with Gasteiger partial charge in [0.25, 0.3) is 11.5 Å². The second kappa shape index (κ2) is 9.87. The van der Waals surface area contributed by atoms with Gasteiger partial charge in [0, 0.05) is 5.02 Å². The Kier molecular flexibility index (Phi) is 6.83. The van der Waals surface area contributed by atoms with Crippen LogP contribution in [0.1, 0.15) is 39.0 Å². The number of rotatable bonds is 5. The van der Waals surface area contributed by atoms with E-state index >= 15 is 0 Å². The summed E-state index contributed by atoms with van der Waals surface area (Å²) >= 11 is 8.95. The van der Waals surface area contributed by atoms with Gasteiger partial charge in [0.05, 0.1) is 27.6 Å². The number of nitrogens with zero attached hydrogens (tertiary/aromatic N) is 3. The highest BCUT2D eigenvalue weighted by Crippen LogP contribution is 2.49. The lowest BCUT2D eigenvalue weighted by Crippen LogP contribution is -2.56. The Bertz CT molecular complexity index is 1340. The van der Waals surface area contributed by atoms with Crippen molar-refractivity contribution in [2.24, 2.45) is 0 Å². The van der Waals surface area contributed by atoms with Gasteiger partial charge in [-0.05, 0) is 50.1 Å². The lowest BCUT2D eigenvalue weighted by atomic mass is 9.94. The fourth-order valence-electron chi connectivity index (χ4n) is 4.74. The minimum atomic E-state index is -0.359. The van der Waals surface area contributed by atoms with Gasteiger partial charge in [-0.3, -0.25) is 24.4 Å². The first-order valence-electron chi connectivity index (χ1n) is 11.6. The monoisotopic (exact) mass is 528 g/mol. The molecule has 182 valence electrons. The summed E-state index contributed by atoms with van der Waals surface area (Å²) in [4.78, 5) is 43.6. The van der Waals surface area contributed by atoms with Gasteiger partial charge < -0.3 is 0 Å². The van der Waals surface area contributed by atoms with Crippen molar-refractivity contribution >= 4 is 57.8 Å². The Hall–Kier alpha value is -2.49. The first-order valence-corrected chi connectivity index (χ1v) is 13.8. The second-order valence-electron chi connectivity index (χ2n) is 8.80. The van der Waals surface area contributed by atoms with Crippen molar-refractivity contribution in [1.82, 2.24) is 20.0 Å². The predicted molar refractivity (Wildman–Crippen MR) is 141 cm³/mol. The molecule has 1 saturated carbocycles. The smallest absolute Gasteiger partial charge is 0.266 e. The molecule has 2 heterocycles. The lowest BCUT2D eigenvalue weighted by molar-refractivity contribution is -0.143. The maximum absolute atomic E-state index is 13.4. The van der Waals surface area contributed by atoms with E-state index in [0.29, 0.717) is 26.8 Å². The van der Waals surface area contributed by atoms with E-state index in [1.54, 1.807) is 35.0 Å². The Morgan fingerprint density at radius 1 is 1.17 bits per heavy atom. The van der Waals surface area contributed by atoms with E-state index < -0.39 is 0 Å². The normalized spacial score (nSPS) is 19.4. The van der Waals surface area contributed by atoms with Crippen LogP contribution in [0.3, 0.4) is 0 Å². The third-order valence-corrected chi connectivity index (χ3v) is 9.15. The summed E-state index contributed by atoms with van der Waals surface area (Å²) in [5.41, 5.74) is 3.78. The summed E-state index contributed by atoms with van der Waals surface area (Å²) in [5, 5.41) is 2.65. The third kappa shape index (κ3) is 4.69. The fourth-order valence-corrected chi connectivity index (χ4v) is 7.35. The SMILES string of the molecule is CC1SC2(CCCCC2)N(NC(=O)CSc2nc3ccc(Cl)cc3c(=O)n2-c2ccccc2)C1=O. The van der Waals surface area contributed by atoms with Crippen molar-refractivity contribution in [3.63, 3.8) is 0 Å². The number of amides is 2. The van der Waals surface area contributed by atoms with Crippen LogP contribution in [0.15, 0.2) is 58.5 Å². The van der Waals surface area contributed by atoms with Gasteiger partial charge in [-0.25, -0.2) is 9.99 Å². The summed E-state index contributed by atoms with van der Waals surface area (Å²) in [6, 6.07) is 14.2. The highest BCUT2D eigenvalue weighted by molar-refractivity contribution is 8.02. The predicted octanol–water partition coefficient (Wildman–Crippen LogP) is 4.79. The highest BCUT2D eigenvalue weighted by atomic mass is 35.5. The summed E-state index contributed by atoms with van der Waals surface area (Å²) in [5.74, 6) is -0.345. The largest absolute Gasteiger partial charge is 0.272 e. The molecule has 1 atom stereocenters. The average Bonchev–Trinajstić information content (AvgIpc) is 3.08. The minimum Gasteiger partial charge on any atom is -0.272 e. The molecule has 3 aromatic rings. The van der Waals surface area contributed by atoms with E-state index in [1.165, 1.54) is 16.3 Å². The third-order valence-electron chi connectivity index (χ3n) is 6.39. The number of hydrogen-bond donors (Lipinski definition) is 1. The molecule has 0 radical (unpaired) electrons. The van der Waals surface area contributed by atoms with Gasteiger partial charge in [-0.15, -0.1) is 11.8 Å². The molecule has 1 saturated heterocycles. The number of halogens is 1. The van der Waals surface area contributed by atoms with Crippen LogP contribution in [0.2, 0.25) is 5.02 Å². The van der Waals surface area contributed by atoms with Gasteiger partial charge in [-0.2, -0.15) is 0 Å². The summed E-state index contributed by atoms with van der Waals surface area (Å²) < 4.78 is 1.50. The lowest BCUT2D eigenvalue weighted by Gasteiger charge is -2.39. The Balaban J connectivity index is 1.42. The number of aromatic nitrogens is 2. The van der Waals surface area contributed by atoms with Gasteiger partial charge >= 0.3 is 0 Å². The van der Waals surface area contributed by atoms with Crippen LogP contribution in [-0.4, -0.2) is 42.2 Å². The molecule has 2 amide bonds. The van der Waals surface area contributed by atoms with Crippen molar-refractivity contribution in [3.8, 4) is 5.69 Å². The molecular weight excluding hydrogens is 504 g/mol. The van der Waals surface area contributed by atoms with Crippen LogP contribution in [0.4, 0.5) is 0 Å². The second-order valence-corrected chi connectivity index (χ2v) is 11.9. The van der Waals surface area contributed by atoms with Crippen molar-refractivity contribution < 1.29 is 9.59 Å². The van der Waals surface area contributed by atoms with Crippen molar-refractivity contribution in [2.45, 2.75) is 54.3 Å². The summed E-state index contributed by atoms with van der Waals surface area (Å²) in [6.07, 6.45) is 5.00. The maximum atomic E-state index is 13.4. The molecule has 1 spiro atoms. The molecule has 0 bridgehead atoms. The van der Waals surface area contributed by atoms with E-state index in [2.05, 4.69) is 10.4 Å². The Morgan fingerprint density at radius 3 is 2.66 bits per heavy atom. The average molecular weight is 529 g/mol.